The lowest BCUT2D eigenvalue weighted by Gasteiger charge is -2.07. The van der Waals surface area contributed by atoms with Crippen LogP contribution in [-0.4, -0.2) is 31.3 Å². The van der Waals surface area contributed by atoms with E-state index in [1.807, 2.05) is 0 Å². The number of ether oxygens (including phenoxy) is 1. The van der Waals surface area contributed by atoms with Crippen LogP contribution in [0.5, 0.6) is 5.75 Å². The summed E-state index contributed by atoms with van der Waals surface area (Å²) in [5, 5.41) is 11.9. The number of carbonyl (C=O) groups is 1. The second-order valence-electron chi connectivity index (χ2n) is 3.98. The predicted molar refractivity (Wildman–Crippen MR) is 71.5 cm³/mol. The number of aromatic nitrogens is 1. The van der Waals surface area contributed by atoms with E-state index >= 15 is 0 Å². The van der Waals surface area contributed by atoms with E-state index in [4.69, 9.17) is 9.84 Å². The molecule has 112 valence electrons. The minimum absolute atomic E-state index is 0.0143. The van der Waals surface area contributed by atoms with E-state index < -0.39 is 16.0 Å². The number of carboxylic acid groups (broad SMARTS) is 1. The van der Waals surface area contributed by atoms with Crippen LogP contribution in [0.3, 0.4) is 0 Å². The molecule has 0 aliphatic rings. The fraction of sp³-hybridized carbons (Fsp3) is 0.167. The first-order chi connectivity index (χ1) is 9.97. The summed E-state index contributed by atoms with van der Waals surface area (Å²) in [6.45, 7) is 0.0143. The number of nitrogens with one attached hydrogen (secondary N) is 1. The van der Waals surface area contributed by atoms with E-state index in [1.54, 1.807) is 0 Å². The summed E-state index contributed by atoms with van der Waals surface area (Å²) in [4.78, 5) is 10.4. The van der Waals surface area contributed by atoms with Crippen LogP contribution >= 0.6 is 0 Å². The van der Waals surface area contributed by atoms with Crippen molar-refractivity contribution in [2.24, 2.45) is 0 Å². The quantitative estimate of drug-likeness (QED) is 0.791. The average molecular weight is 312 g/mol. The van der Waals surface area contributed by atoms with Crippen LogP contribution in [0.1, 0.15) is 6.42 Å². The molecular weight excluding hydrogens is 300 g/mol. The molecule has 1 heterocycles. The van der Waals surface area contributed by atoms with E-state index in [0.717, 1.165) is 0 Å². The number of benzene rings is 1. The Labute approximate surface area is 120 Å². The van der Waals surface area contributed by atoms with Crippen LogP contribution in [0, 0.1) is 0 Å². The Morgan fingerprint density at radius 1 is 1.33 bits per heavy atom. The van der Waals surface area contributed by atoms with Crippen molar-refractivity contribution in [2.75, 3.05) is 11.3 Å². The van der Waals surface area contributed by atoms with Crippen LogP contribution in [0.25, 0.3) is 0 Å². The zero-order valence-corrected chi connectivity index (χ0v) is 11.5. The molecule has 2 rings (SSSR count). The highest BCUT2D eigenvalue weighted by Gasteiger charge is 2.15. The molecule has 0 spiro atoms. The highest BCUT2D eigenvalue weighted by Crippen LogP contribution is 2.19. The maximum absolute atomic E-state index is 12.0. The summed E-state index contributed by atoms with van der Waals surface area (Å²) in [7, 11) is -3.73. The summed E-state index contributed by atoms with van der Waals surface area (Å²) in [5.41, 5.74) is 0.219. The number of rotatable bonds is 7. The standard InChI is InChI=1S/C12H12N2O6S/c15-12(16)5-6-19-10-1-3-11(4-2-10)21(17,18)14-9-7-13-20-8-9/h1-4,7-8,14H,5-6H2,(H,15,16). The molecule has 0 saturated carbocycles. The van der Waals surface area contributed by atoms with Crippen molar-refractivity contribution in [3.63, 3.8) is 0 Å². The summed E-state index contributed by atoms with van der Waals surface area (Å²) >= 11 is 0. The molecule has 1 aromatic heterocycles. The van der Waals surface area contributed by atoms with Crippen molar-refractivity contribution < 1.29 is 27.6 Å². The Morgan fingerprint density at radius 3 is 2.62 bits per heavy atom. The van der Waals surface area contributed by atoms with Crippen molar-refractivity contribution in [3.8, 4) is 5.75 Å². The molecule has 0 bridgehead atoms. The van der Waals surface area contributed by atoms with Gasteiger partial charge in [0.25, 0.3) is 10.0 Å². The van der Waals surface area contributed by atoms with Crippen LogP contribution in [-0.2, 0) is 14.8 Å². The smallest absolute Gasteiger partial charge is 0.306 e. The van der Waals surface area contributed by atoms with Crippen molar-refractivity contribution in [2.45, 2.75) is 11.3 Å². The molecule has 0 radical (unpaired) electrons. The Bertz CT molecular complexity index is 694. The first kappa shape index (κ1) is 14.9. The van der Waals surface area contributed by atoms with Crippen molar-refractivity contribution >= 4 is 21.7 Å². The van der Waals surface area contributed by atoms with Crippen LogP contribution in [0.4, 0.5) is 5.69 Å². The molecule has 2 aromatic rings. The van der Waals surface area contributed by atoms with Gasteiger partial charge in [0.2, 0.25) is 0 Å². The summed E-state index contributed by atoms with van der Waals surface area (Å²) in [5.74, 6) is -0.577. The topological polar surface area (TPSA) is 119 Å². The van der Waals surface area contributed by atoms with E-state index in [-0.39, 0.29) is 23.6 Å². The molecule has 0 atom stereocenters. The number of carboxylic acids is 1. The highest BCUT2D eigenvalue weighted by atomic mass is 32.2. The zero-order chi connectivity index (χ0) is 15.3. The minimum Gasteiger partial charge on any atom is -0.493 e. The van der Waals surface area contributed by atoms with Crippen LogP contribution in [0.15, 0.2) is 46.1 Å². The van der Waals surface area contributed by atoms with Gasteiger partial charge in [0, 0.05) is 0 Å². The zero-order valence-electron chi connectivity index (χ0n) is 10.7. The molecule has 0 fully saturated rings. The third-order valence-corrected chi connectivity index (χ3v) is 3.80. The van der Waals surface area contributed by atoms with Gasteiger partial charge in [-0.3, -0.25) is 9.52 Å². The molecule has 0 aliphatic heterocycles. The van der Waals surface area contributed by atoms with Crippen molar-refractivity contribution in [3.05, 3.63) is 36.7 Å². The molecule has 9 heteroatoms. The van der Waals surface area contributed by atoms with Crippen LogP contribution < -0.4 is 9.46 Å². The molecule has 0 amide bonds. The van der Waals surface area contributed by atoms with E-state index in [9.17, 15) is 13.2 Å². The molecule has 1 aromatic carbocycles. The lowest BCUT2D eigenvalue weighted by atomic mass is 10.3. The number of anilines is 1. The molecule has 2 N–H and O–H groups in total. The molecule has 21 heavy (non-hydrogen) atoms. The van der Waals surface area contributed by atoms with Gasteiger partial charge in [0.1, 0.15) is 17.7 Å². The fourth-order valence-electron chi connectivity index (χ4n) is 1.44. The first-order valence-electron chi connectivity index (χ1n) is 5.84. The summed E-state index contributed by atoms with van der Waals surface area (Å²) in [6.07, 6.45) is 2.27. The third kappa shape index (κ3) is 4.21. The van der Waals surface area contributed by atoms with E-state index in [2.05, 4.69) is 14.4 Å². The lowest BCUT2D eigenvalue weighted by Crippen LogP contribution is -2.12. The highest BCUT2D eigenvalue weighted by molar-refractivity contribution is 7.92. The lowest BCUT2D eigenvalue weighted by molar-refractivity contribution is -0.137. The second-order valence-corrected chi connectivity index (χ2v) is 5.66. The van der Waals surface area contributed by atoms with Gasteiger partial charge in [0.15, 0.2) is 0 Å². The van der Waals surface area contributed by atoms with Crippen LogP contribution in [0.2, 0.25) is 0 Å². The first-order valence-corrected chi connectivity index (χ1v) is 7.32. The second kappa shape index (κ2) is 6.27. The Balaban J connectivity index is 2.02. The number of nitrogens with zero attached hydrogens (tertiary/aromatic N) is 1. The average Bonchev–Trinajstić information content (AvgIpc) is 2.91. The molecule has 0 saturated heterocycles. The monoisotopic (exact) mass is 312 g/mol. The number of hydrogen-bond acceptors (Lipinski definition) is 6. The minimum atomic E-state index is -3.73. The van der Waals surface area contributed by atoms with Crippen molar-refractivity contribution in [1.29, 1.82) is 0 Å². The van der Waals surface area contributed by atoms with Gasteiger partial charge >= 0.3 is 5.97 Å². The Hall–Kier alpha value is -2.55. The van der Waals surface area contributed by atoms with Gasteiger partial charge in [0.05, 0.1) is 24.1 Å². The molecule has 0 unspecified atom stereocenters. The SMILES string of the molecule is O=C(O)CCOc1ccc(S(=O)(=O)Nc2cnoc2)cc1. The molecule has 8 nitrogen and oxygen atoms in total. The van der Waals surface area contributed by atoms with E-state index in [0.29, 0.717) is 5.75 Å². The number of sulfonamides is 1. The molecular formula is C12H12N2O6S. The van der Waals surface area contributed by atoms with Gasteiger partial charge in [-0.15, -0.1) is 0 Å². The van der Waals surface area contributed by atoms with Gasteiger partial charge < -0.3 is 14.4 Å². The van der Waals surface area contributed by atoms with Gasteiger partial charge in [-0.25, -0.2) is 8.42 Å². The Morgan fingerprint density at radius 2 is 2.05 bits per heavy atom. The van der Waals surface area contributed by atoms with E-state index in [1.165, 1.54) is 36.7 Å². The van der Waals surface area contributed by atoms with Gasteiger partial charge in [-0.2, -0.15) is 0 Å². The Kier molecular flexibility index (Phi) is 4.43. The third-order valence-electron chi connectivity index (χ3n) is 2.40. The van der Waals surface area contributed by atoms with Gasteiger partial charge in [-0.1, -0.05) is 5.16 Å². The summed E-state index contributed by atoms with van der Waals surface area (Å²) in [6, 6.07) is 5.60. The summed E-state index contributed by atoms with van der Waals surface area (Å²) < 4.78 is 36.0. The van der Waals surface area contributed by atoms with Gasteiger partial charge in [-0.05, 0) is 24.3 Å². The normalized spacial score (nSPS) is 11.0. The number of aliphatic carboxylic acids is 1. The molecule has 0 aliphatic carbocycles. The fourth-order valence-corrected chi connectivity index (χ4v) is 2.46. The van der Waals surface area contributed by atoms with Crippen molar-refractivity contribution in [1.82, 2.24) is 5.16 Å². The maximum Gasteiger partial charge on any atom is 0.306 e. The predicted octanol–water partition coefficient (Wildman–Crippen LogP) is 1.33. The maximum atomic E-state index is 12.0. The number of hydrogen-bond donors (Lipinski definition) is 2. The largest absolute Gasteiger partial charge is 0.493 e.